The van der Waals surface area contributed by atoms with Crippen LogP contribution in [0.15, 0.2) is 22.7 Å². The molecule has 0 aliphatic carbocycles. The van der Waals surface area contributed by atoms with Gasteiger partial charge >= 0.3 is 0 Å². The zero-order chi connectivity index (χ0) is 12.3. The van der Waals surface area contributed by atoms with E-state index in [2.05, 4.69) is 38.7 Å². The van der Waals surface area contributed by atoms with Gasteiger partial charge in [0, 0.05) is 42.2 Å². The Bertz CT molecular complexity index is 376. The molecule has 1 aliphatic rings. The topological polar surface area (TPSA) is 6.48 Å². The van der Waals surface area contributed by atoms with Crippen molar-refractivity contribution in [1.29, 1.82) is 0 Å². The van der Waals surface area contributed by atoms with E-state index in [1.165, 1.54) is 25.2 Å². The zero-order valence-electron chi connectivity index (χ0n) is 10.1. The van der Waals surface area contributed by atoms with Gasteiger partial charge in [0.05, 0.1) is 0 Å². The minimum Gasteiger partial charge on any atom is -0.301 e. The molecule has 0 atom stereocenters. The van der Waals surface area contributed by atoms with Gasteiger partial charge in [-0.1, -0.05) is 40.5 Å². The van der Waals surface area contributed by atoms with Gasteiger partial charge in [-0.05, 0) is 24.2 Å². The number of rotatable bonds is 3. The highest BCUT2D eigenvalue weighted by molar-refractivity contribution is 9.10. The van der Waals surface area contributed by atoms with Gasteiger partial charge in [-0.3, -0.25) is 4.90 Å². The smallest absolute Gasteiger partial charge is 0.0417 e. The van der Waals surface area contributed by atoms with Crippen LogP contribution in [0.2, 0.25) is 5.02 Å². The molecular weight excluding hydrogens is 300 g/mol. The van der Waals surface area contributed by atoms with Crippen LogP contribution in [0.4, 0.5) is 0 Å². The molecule has 94 valence electrons. The molecule has 0 radical (unpaired) electrons. The highest BCUT2D eigenvalue weighted by Gasteiger charge is 2.16. The molecule has 0 bridgehead atoms. The first-order valence-corrected chi connectivity index (χ1v) is 7.24. The Labute approximate surface area is 117 Å². The number of benzene rings is 1. The highest BCUT2D eigenvalue weighted by atomic mass is 79.9. The first kappa shape index (κ1) is 13.3. The molecule has 0 unspecified atom stereocenters. The van der Waals surface area contributed by atoms with Crippen LogP contribution in [0, 0.1) is 0 Å². The molecule has 2 nitrogen and oxygen atoms in total. The van der Waals surface area contributed by atoms with Crippen molar-refractivity contribution < 1.29 is 0 Å². The van der Waals surface area contributed by atoms with Crippen molar-refractivity contribution in [3.63, 3.8) is 0 Å². The highest BCUT2D eigenvalue weighted by Crippen LogP contribution is 2.23. The summed E-state index contributed by atoms with van der Waals surface area (Å²) in [4.78, 5) is 4.99. The molecule has 0 N–H and O–H groups in total. The molecule has 0 aromatic heterocycles. The van der Waals surface area contributed by atoms with Gasteiger partial charge in [-0.25, -0.2) is 0 Å². The summed E-state index contributed by atoms with van der Waals surface area (Å²) in [6, 6.07) is 6.04. The fourth-order valence-electron chi connectivity index (χ4n) is 2.15. The maximum Gasteiger partial charge on any atom is 0.0417 e. The Morgan fingerprint density at radius 3 is 2.41 bits per heavy atom. The van der Waals surface area contributed by atoms with Crippen molar-refractivity contribution in [2.45, 2.75) is 13.5 Å². The molecule has 0 saturated carbocycles. The number of hydrogen-bond acceptors (Lipinski definition) is 2. The molecule has 0 amide bonds. The third-order valence-corrected chi connectivity index (χ3v) is 4.29. The van der Waals surface area contributed by atoms with Crippen LogP contribution in [0.5, 0.6) is 0 Å². The van der Waals surface area contributed by atoms with Crippen LogP contribution in [0.25, 0.3) is 0 Å². The van der Waals surface area contributed by atoms with Gasteiger partial charge in [-0.15, -0.1) is 0 Å². The lowest BCUT2D eigenvalue weighted by atomic mass is 10.2. The lowest BCUT2D eigenvalue weighted by Gasteiger charge is -2.34. The SMILES string of the molecule is CCN1CCN(Cc2ccc(Cl)cc2Br)CC1. The predicted molar refractivity (Wildman–Crippen MR) is 76.5 cm³/mol. The second-order valence-electron chi connectivity index (χ2n) is 4.45. The summed E-state index contributed by atoms with van der Waals surface area (Å²) in [6.07, 6.45) is 0. The monoisotopic (exact) mass is 316 g/mol. The maximum absolute atomic E-state index is 5.95. The molecule has 2 rings (SSSR count). The average molecular weight is 318 g/mol. The summed E-state index contributed by atoms with van der Waals surface area (Å²) >= 11 is 9.53. The number of halogens is 2. The first-order chi connectivity index (χ1) is 8.19. The van der Waals surface area contributed by atoms with Crippen LogP contribution in [0.3, 0.4) is 0 Å². The quantitative estimate of drug-likeness (QED) is 0.844. The fraction of sp³-hybridized carbons (Fsp3) is 0.538. The largest absolute Gasteiger partial charge is 0.301 e. The van der Waals surface area contributed by atoms with E-state index in [4.69, 9.17) is 11.6 Å². The van der Waals surface area contributed by atoms with Crippen LogP contribution in [-0.4, -0.2) is 42.5 Å². The van der Waals surface area contributed by atoms with Gasteiger partial charge in [0.25, 0.3) is 0 Å². The van der Waals surface area contributed by atoms with Crippen molar-refractivity contribution in [2.24, 2.45) is 0 Å². The van der Waals surface area contributed by atoms with Crippen molar-refractivity contribution >= 4 is 27.5 Å². The maximum atomic E-state index is 5.95. The van der Waals surface area contributed by atoms with E-state index < -0.39 is 0 Å². The number of piperazine rings is 1. The summed E-state index contributed by atoms with van der Waals surface area (Å²) in [6.45, 7) is 9.08. The van der Waals surface area contributed by atoms with Crippen molar-refractivity contribution in [3.8, 4) is 0 Å². The Kier molecular flexibility index (Phi) is 4.86. The third-order valence-electron chi connectivity index (χ3n) is 3.32. The van der Waals surface area contributed by atoms with E-state index in [1.807, 2.05) is 12.1 Å². The van der Waals surface area contributed by atoms with Crippen LogP contribution in [-0.2, 0) is 6.54 Å². The Balaban J connectivity index is 1.93. The lowest BCUT2D eigenvalue weighted by molar-refractivity contribution is 0.132. The van der Waals surface area contributed by atoms with Crippen LogP contribution in [0.1, 0.15) is 12.5 Å². The Morgan fingerprint density at radius 2 is 1.82 bits per heavy atom. The normalized spacial score (nSPS) is 18.5. The number of nitrogens with zero attached hydrogens (tertiary/aromatic N) is 2. The molecular formula is C13H18BrClN2. The molecule has 1 heterocycles. The van der Waals surface area contributed by atoms with E-state index in [0.29, 0.717) is 0 Å². The van der Waals surface area contributed by atoms with Gasteiger partial charge in [0.2, 0.25) is 0 Å². The van der Waals surface area contributed by atoms with Crippen LogP contribution < -0.4 is 0 Å². The standard InChI is InChI=1S/C13H18BrClN2/c1-2-16-5-7-17(8-6-16)10-11-3-4-12(15)9-13(11)14/h3-4,9H,2,5-8,10H2,1H3. The van der Waals surface area contributed by atoms with Crippen molar-refractivity contribution in [1.82, 2.24) is 9.80 Å². The van der Waals surface area contributed by atoms with Gasteiger partial charge in [0.1, 0.15) is 0 Å². The summed E-state index contributed by atoms with van der Waals surface area (Å²) in [7, 11) is 0. The van der Waals surface area contributed by atoms with Crippen LogP contribution >= 0.6 is 27.5 Å². The van der Waals surface area contributed by atoms with E-state index in [9.17, 15) is 0 Å². The van der Waals surface area contributed by atoms with Crippen molar-refractivity contribution in [3.05, 3.63) is 33.3 Å². The molecule has 1 aromatic carbocycles. The molecule has 1 saturated heterocycles. The van der Waals surface area contributed by atoms with E-state index in [0.717, 1.165) is 29.1 Å². The first-order valence-electron chi connectivity index (χ1n) is 6.07. The minimum atomic E-state index is 0.788. The summed E-state index contributed by atoms with van der Waals surface area (Å²) in [5.41, 5.74) is 1.32. The van der Waals surface area contributed by atoms with Gasteiger partial charge in [-0.2, -0.15) is 0 Å². The average Bonchev–Trinajstić information content (AvgIpc) is 2.34. The second kappa shape index (κ2) is 6.19. The zero-order valence-corrected chi connectivity index (χ0v) is 12.5. The molecule has 17 heavy (non-hydrogen) atoms. The fourth-order valence-corrected chi connectivity index (χ4v) is 2.96. The Morgan fingerprint density at radius 1 is 1.18 bits per heavy atom. The number of likely N-dealkylation sites (N-methyl/N-ethyl adjacent to an activating group) is 1. The molecule has 1 aromatic rings. The molecule has 1 fully saturated rings. The Hall–Kier alpha value is -0.0900. The second-order valence-corrected chi connectivity index (χ2v) is 5.74. The van der Waals surface area contributed by atoms with Gasteiger partial charge in [0.15, 0.2) is 0 Å². The molecule has 1 aliphatic heterocycles. The van der Waals surface area contributed by atoms with E-state index in [1.54, 1.807) is 0 Å². The van der Waals surface area contributed by atoms with E-state index in [-0.39, 0.29) is 0 Å². The van der Waals surface area contributed by atoms with Crippen molar-refractivity contribution in [2.75, 3.05) is 32.7 Å². The lowest BCUT2D eigenvalue weighted by Crippen LogP contribution is -2.45. The van der Waals surface area contributed by atoms with Gasteiger partial charge < -0.3 is 4.90 Å². The summed E-state index contributed by atoms with van der Waals surface area (Å²) in [5, 5.41) is 0.788. The third kappa shape index (κ3) is 3.68. The molecule has 4 heteroatoms. The summed E-state index contributed by atoms with van der Waals surface area (Å²) in [5.74, 6) is 0. The minimum absolute atomic E-state index is 0.788. The van der Waals surface area contributed by atoms with E-state index >= 15 is 0 Å². The predicted octanol–water partition coefficient (Wildman–Crippen LogP) is 3.24. The molecule has 0 spiro atoms. The summed E-state index contributed by atoms with van der Waals surface area (Å²) < 4.78 is 1.11. The number of hydrogen-bond donors (Lipinski definition) is 0.